The van der Waals surface area contributed by atoms with Crippen molar-refractivity contribution in [2.45, 2.75) is 20.8 Å². The van der Waals surface area contributed by atoms with Gasteiger partial charge in [0, 0.05) is 16.3 Å². The first-order valence-electron chi connectivity index (χ1n) is 10.5. The van der Waals surface area contributed by atoms with E-state index in [2.05, 4.69) is 29.4 Å². The van der Waals surface area contributed by atoms with Crippen molar-refractivity contribution in [1.82, 2.24) is 15.0 Å². The molecular weight excluding hydrogens is 436 g/mol. The zero-order valence-corrected chi connectivity index (χ0v) is 19.1. The van der Waals surface area contributed by atoms with E-state index < -0.39 is 0 Å². The topological polar surface area (TPSA) is 73.0 Å². The Labute approximate surface area is 195 Å². The van der Waals surface area contributed by atoms with Crippen LogP contribution in [0.5, 0.6) is 0 Å². The first-order valence-corrected chi connectivity index (χ1v) is 10.9. The third-order valence-electron chi connectivity index (χ3n) is 5.65. The zero-order valence-electron chi connectivity index (χ0n) is 18.4. The Morgan fingerprint density at radius 2 is 1.64 bits per heavy atom. The average Bonchev–Trinajstić information content (AvgIpc) is 3.45. The molecular formula is C26H21ClN4O2. The maximum Gasteiger partial charge on any atom is 0.291 e. The Hall–Kier alpha value is -3.90. The van der Waals surface area contributed by atoms with Crippen molar-refractivity contribution < 1.29 is 9.21 Å². The zero-order chi connectivity index (χ0) is 23.1. The van der Waals surface area contributed by atoms with Gasteiger partial charge < -0.3 is 9.73 Å². The fourth-order valence-electron chi connectivity index (χ4n) is 3.52. The van der Waals surface area contributed by atoms with Gasteiger partial charge in [-0.25, -0.2) is 0 Å². The van der Waals surface area contributed by atoms with Crippen LogP contribution in [-0.2, 0) is 0 Å². The van der Waals surface area contributed by atoms with Crippen molar-refractivity contribution in [3.8, 4) is 17.0 Å². The Morgan fingerprint density at radius 1 is 0.848 bits per heavy atom. The molecule has 2 aromatic heterocycles. The second kappa shape index (κ2) is 8.22. The number of aryl methyl sites for hydroxylation is 3. The first-order chi connectivity index (χ1) is 15.9. The number of carbonyl (C=O) groups excluding carboxylic acids is 1. The number of amides is 1. The SMILES string of the molecule is Cc1ccc(-c2ccc(C(=O)Nc3ccc4nn(-c5ccc(C)c(Cl)c5)nc4c3)o2)cc1C. The molecule has 0 aliphatic heterocycles. The molecule has 0 unspecified atom stereocenters. The van der Waals surface area contributed by atoms with Crippen LogP contribution >= 0.6 is 11.6 Å². The number of furan rings is 1. The van der Waals surface area contributed by atoms with Crippen molar-refractivity contribution in [2.24, 2.45) is 0 Å². The lowest BCUT2D eigenvalue weighted by atomic mass is 10.1. The van der Waals surface area contributed by atoms with Crippen molar-refractivity contribution in [3.63, 3.8) is 0 Å². The van der Waals surface area contributed by atoms with Crippen LogP contribution in [0.1, 0.15) is 27.2 Å². The molecule has 0 atom stereocenters. The number of hydrogen-bond acceptors (Lipinski definition) is 4. The van der Waals surface area contributed by atoms with Gasteiger partial charge in [-0.05, 0) is 86.0 Å². The molecule has 3 aromatic carbocycles. The molecule has 5 rings (SSSR count). The summed E-state index contributed by atoms with van der Waals surface area (Å²) in [6, 6.07) is 20.6. The monoisotopic (exact) mass is 456 g/mol. The van der Waals surface area contributed by atoms with Gasteiger partial charge in [0.25, 0.3) is 5.91 Å². The van der Waals surface area contributed by atoms with Crippen LogP contribution in [0, 0.1) is 20.8 Å². The lowest BCUT2D eigenvalue weighted by Gasteiger charge is -2.04. The molecule has 0 radical (unpaired) electrons. The number of carbonyl (C=O) groups is 1. The lowest BCUT2D eigenvalue weighted by molar-refractivity contribution is 0.0997. The molecule has 33 heavy (non-hydrogen) atoms. The van der Waals surface area contributed by atoms with Gasteiger partial charge in [0.1, 0.15) is 16.8 Å². The molecule has 0 saturated heterocycles. The van der Waals surface area contributed by atoms with Gasteiger partial charge >= 0.3 is 0 Å². The molecule has 1 amide bonds. The smallest absolute Gasteiger partial charge is 0.291 e. The van der Waals surface area contributed by atoms with Crippen LogP contribution in [0.15, 0.2) is 71.1 Å². The van der Waals surface area contributed by atoms with Gasteiger partial charge in [0.15, 0.2) is 5.76 Å². The van der Waals surface area contributed by atoms with Crippen LogP contribution in [0.2, 0.25) is 5.02 Å². The number of anilines is 1. The normalized spacial score (nSPS) is 11.2. The summed E-state index contributed by atoms with van der Waals surface area (Å²) in [6.45, 7) is 6.05. The first kappa shape index (κ1) is 21.0. The van der Waals surface area contributed by atoms with Gasteiger partial charge in [-0.2, -0.15) is 4.80 Å². The van der Waals surface area contributed by atoms with Crippen molar-refractivity contribution in [1.29, 1.82) is 0 Å². The van der Waals surface area contributed by atoms with Gasteiger partial charge in [-0.3, -0.25) is 4.79 Å². The predicted octanol–water partition coefficient (Wildman–Crippen LogP) is 6.51. The molecule has 6 nitrogen and oxygen atoms in total. The van der Waals surface area contributed by atoms with Crippen molar-refractivity contribution >= 4 is 34.2 Å². The highest BCUT2D eigenvalue weighted by Gasteiger charge is 2.14. The number of nitrogens with zero attached hydrogens (tertiary/aromatic N) is 3. The Morgan fingerprint density at radius 3 is 2.42 bits per heavy atom. The number of aromatic nitrogens is 3. The summed E-state index contributed by atoms with van der Waals surface area (Å²) in [5.74, 6) is 0.557. The molecule has 2 heterocycles. The summed E-state index contributed by atoms with van der Waals surface area (Å²) >= 11 is 6.23. The number of rotatable bonds is 4. The van der Waals surface area contributed by atoms with E-state index in [-0.39, 0.29) is 11.7 Å². The molecule has 5 aromatic rings. The van der Waals surface area contributed by atoms with Gasteiger partial charge in [0.2, 0.25) is 0 Å². The summed E-state index contributed by atoms with van der Waals surface area (Å²) in [6.07, 6.45) is 0. The van der Waals surface area contributed by atoms with Crippen LogP contribution in [0.4, 0.5) is 5.69 Å². The summed E-state index contributed by atoms with van der Waals surface area (Å²) < 4.78 is 5.81. The van der Waals surface area contributed by atoms with Gasteiger partial charge in [-0.1, -0.05) is 29.8 Å². The maximum atomic E-state index is 12.8. The lowest BCUT2D eigenvalue weighted by Crippen LogP contribution is -2.10. The minimum atomic E-state index is -0.331. The summed E-state index contributed by atoms with van der Waals surface area (Å²) in [7, 11) is 0. The molecule has 0 spiro atoms. The molecule has 1 N–H and O–H groups in total. The Bertz CT molecular complexity index is 1520. The van der Waals surface area contributed by atoms with E-state index in [1.807, 2.05) is 49.4 Å². The predicted molar refractivity (Wildman–Crippen MR) is 130 cm³/mol. The Kier molecular flexibility index (Phi) is 5.23. The number of benzene rings is 3. The molecule has 164 valence electrons. The van der Waals surface area contributed by atoms with Crippen LogP contribution in [-0.4, -0.2) is 20.9 Å². The molecule has 0 fully saturated rings. The third-order valence-corrected chi connectivity index (χ3v) is 6.05. The minimum Gasteiger partial charge on any atom is -0.451 e. The minimum absolute atomic E-state index is 0.237. The number of hydrogen-bond donors (Lipinski definition) is 1. The number of halogens is 1. The largest absolute Gasteiger partial charge is 0.451 e. The number of nitrogens with one attached hydrogen (secondary N) is 1. The average molecular weight is 457 g/mol. The van der Waals surface area contributed by atoms with Crippen LogP contribution in [0.3, 0.4) is 0 Å². The van der Waals surface area contributed by atoms with Crippen molar-refractivity contribution in [2.75, 3.05) is 5.32 Å². The standard InChI is InChI=1S/C26H21ClN4O2/c1-15-4-6-18(12-17(15)3)24-10-11-25(33-24)26(32)28-19-7-9-22-23(13-19)30-31(29-22)20-8-5-16(2)21(27)14-20/h4-14H,1-3H3,(H,28,32). The molecule has 0 bridgehead atoms. The quantitative estimate of drug-likeness (QED) is 0.334. The van der Waals surface area contributed by atoms with Gasteiger partial charge in [-0.15, -0.1) is 10.2 Å². The molecule has 0 aliphatic carbocycles. The van der Waals surface area contributed by atoms with E-state index in [0.29, 0.717) is 27.5 Å². The fraction of sp³-hybridized carbons (Fsp3) is 0.115. The molecule has 7 heteroatoms. The second-order valence-electron chi connectivity index (χ2n) is 8.04. The highest BCUT2D eigenvalue weighted by Crippen LogP contribution is 2.26. The summed E-state index contributed by atoms with van der Waals surface area (Å²) in [4.78, 5) is 14.3. The van der Waals surface area contributed by atoms with E-state index in [9.17, 15) is 4.79 Å². The van der Waals surface area contributed by atoms with Crippen LogP contribution < -0.4 is 5.32 Å². The third kappa shape index (κ3) is 4.13. The Balaban J connectivity index is 1.36. The van der Waals surface area contributed by atoms with E-state index in [0.717, 1.165) is 16.8 Å². The fourth-order valence-corrected chi connectivity index (χ4v) is 3.69. The molecule has 0 aliphatic rings. The highest BCUT2D eigenvalue weighted by molar-refractivity contribution is 6.31. The van der Waals surface area contributed by atoms with Gasteiger partial charge in [0.05, 0.1) is 5.69 Å². The highest BCUT2D eigenvalue weighted by atomic mass is 35.5. The van der Waals surface area contributed by atoms with Crippen LogP contribution in [0.25, 0.3) is 28.0 Å². The summed E-state index contributed by atoms with van der Waals surface area (Å²) in [5, 5.41) is 12.5. The summed E-state index contributed by atoms with van der Waals surface area (Å²) in [5.41, 5.74) is 7.03. The maximum absolute atomic E-state index is 12.8. The van der Waals surface area contributed by atoms with Crippen molar-refractivity contribution in [3.05, 3.63) is 94.2 Å². The van der Waals surface area contributed by atoms with E-state index in [1.54, 1.807) is 24.3 Å². The van der Waals surface area contributed by atoms with E-state index >= 15 is 0 Å². The van der Waals surface area contributed by atoms with E-state index in [1.165, 1.54) is 15.9 Å². The number of fused-ring (bicyclic) bond motifs is 1. The second-order valence-corrected chi connectivity index (χ2v) is 8.45. The van der Waals surface area contributed by atoms with E-state index in [4.69, 9.17) is 16.0 Å². The molecule has 0 saturated carbocycles.